The summed E-state index contributed by atoms with van der Waals surface area (Å²) in [6.07, 6.45) is -1.93. The van der Waals surface area contributed by atoms with E-state index in [0.717, 1.165) is 0 Å². The van der Waals surface area contributed by atoms with Crippen molar-refractivity contribution in [3.05, 3.63) is 29.8 Å². The molecular formula is C11H14FNO3. The van der Waals surface area contributed by atoms with E-state index in [-0.39, 0.29) is 12.4 Å². The third-order valence-corrected chi connectivity index (χ3v) is 2.08. The highest BCUT2D eigenvalue weighted by Gasteiger charge is 2.27. The molecule has 1 rings (SSSR count). The number of phenols is 1. The second kappa shape index (κ2) is 5.46. The number of carbonyl (C=O) groups excluding carboxylic acids is 1. The molecule has 0 heterocycles. The monoisotopic (exact) mass is 227 g/mol. The number of phenolic OH excluding ortho intramolecular Hbond substituents is 1. The maximum absolute atomic E-state index is 13.5. The maximum Gasteiger partial charge on any atom is 0.342 e. The normalized spacial score (nSPS) is 14.2. The zero-order chi connectivity index (χ0) is 12.1. The molecule has 2 atom stereocenters. The second-order valence-corrected chi connectivity index (χ2v) is 3.27. The molecule has 0 saturated carbocycles. The molecular weight excluding hydrogens is 213 g/mol. The van der Waals surface area contributed by atoms with Crippen LogP contribution in [0.5, 0.6) is 5.75 Å². The van der Waals surface area contributed by atoms with Crippen molar-refractivity contribution < 1.29 is 19.0 Å². The number of ether oxygens (including phenoxy) is 1. The molecule has 88 valence electrons. The first kappa shape index (κ1) is 12.4. The Morgan fingerprint density at radius 1 is 1.62 bits per heavy atom. The summed E-state index contributed by atoms with van der Waals surface area (Å²) in [7, 11) is 0. The van der Waals surface area contributed by atoms with Crippen LogP contribution in [0.2, 0.25) is 0 Å². The van der Waals surface area contributed by atoms with Gasteiger partial charge in [-0.2, -0.15) is 0 Å². The smallest absolute Gasteiger partial charge is 0.342 e. The Bertz CT molecular complexity index is 370. The predicted molar refractivity (Wildman–Crippen MR) is 56.6 cm³/mol. The van der Waals surface area contributed by atoms with Crippen LogP contribution in [0, 0.1) is 0 Å². The summed E-state index contributed by atoms with van der Waals surface area (Å²) < 4.78 is 18.0. The Labute approximate surface area is 92.8 Å². The lowest BCUT2D eigenvalue weighted by molar-refractivity contribution is -0.149. The van der Waals surface area contributed by atoms with Gasteiger partial charge in [-0.05, 0) is 24.6 Å². The van der Waals surface area contributed by atoms with Gasteiger partial charge in [-0.1, -0.05) is 12.1 Å². The first-order valence-corrected chi connectivity index (χ1v) is 4.91. The van der Waals surface area contributed by atoms with E-state index >= 15 is 0 Å². The lowest BCUT2D eigenvalue weighted by atomic mass is 10.0. The Morgan fingerprint density at radius 2 is 2.31 bits per heavy atom. The van der Waals surface area contributed by atoms with Crippen molar-refractivity contribution >= 4 is 5.97 Å². The molecule has 3 N–H and O–H groups in total. The average Bonchev–Trinajstić information content (AvgIpc) is 2.27. The van der Waals surface area contributed by atoms with Crippen LogP contribution in [0.1, 0.15) is 18.5 Å². The van der Waals surface area contributed by atoms with Gasteiger partial charge in [0.2, 0.25) is 6.17 Å². The summed E-state index contributed by atoms with van der Waals surface area (Å²) in [5, 5.41) is 9.19. The molecule has 1 aromatic rings. The molecule has 0 saturated heterocycles. The number of alkyl halides is 1. The van der Waals surface area contributed by atoms with Gasteiger partial charge in [0, 0.05) is 0 Å². The van der Waals surface area contributed by atoms with E-state index in [0.29, 0.717) is 5.56 Å². The van der Waals surface area contributed by atoms with Crippen LogP contribution in [0.4, 0.5) is 4.39 Å². The number of esters is 1. The molecule has 0 aromatic heterocycles. The summed E-state index contributed by atoms with van der Waals surface area (Å²) in [4.78, 5) is 11.1. The van der Waals surface area contributed by atoms with Gasteiger partial charge in [0.05, 0.1) is 12.6 Å². The van der Waals surface area contributed by atoms with Gasteiger partial charge < -0.3 is 15.6 Å². The van der Waals surface area contributed by atoms with E-state index in [4.69, 9.17) is 5.73 Å². The van der Waals surface area contributed by atoms with Gasteiger partial charge in [0.25, 0.3) is 0 Å². The van der Waals surface area contributed by atoms with E-state index in [9.17, 15) is 14.3 Å². The molecule has 5 heteroatoms. The number of aromatic hydroxyl groups is 1. The van der Waals surface area contributed by atoms with E-state index in [1.54, 1.807) is 6.92 Å². The van der Waals surface area contributed by atoms with Crippen molar-refractivity contribution in [3.8, 4) is 5.75 Å². The molecule has 0 spiro atoms. The van der Waals surface area contributed by atoms with E-state index in [1.165, 1.54) is 24.3 Å². The van der Waals surface area contributed by atoms with Gasteiger partial charge in [0.1, 0.15) is 5.75 Å². The molecule has 4 nitrogen and oxygen atoms in total. The molecule has 0 amide bonds. The summed E-state index contributed by atoms with van der Waals surface area (Å²) in [5.74, 6) is -1.01. The van der Waals surface area contributed by atoms with Crippen LogP contribution in [0.15, 0.2) is 24.3 Å². The summed E-state index contributed by atoms with van der Waals surface area (Å²) in [5.41, 5.74) is 5.90. The second-order valence-electron chi connectivity index (χ2n) is 3.27. The molecule has 16 heavy (non-hydrogen) atoms. The third kappa shape index (κ3) is 2.93. The molecule has 0 aliphatic rings. The van der Waals surface area contributed by atoms with Crippen LogP contribution in [0.3, 0.4) is 0 Å². The van der Waals surface area contributed by atoms with Crippen molar-refractivity contribution in [2.45, 2.75) is 19.1 Å². The van der Waals surface area contributed by atoms with Crippen LogP contribution in [-0.4, -0.2) is 23.9 Å². The van der Waals surface area contributed by atoms with Gasteiger partial charge in [-0.25, -0.2) is 9.18 Å². The molecule has 1 unspecified atom stereocenters. The van der Waals surface area contributed by atoms with Gasteiger partial charge in [0.15, 0.2) is 0 Å². The van der Waals surface area contributed by atoms with E-state index < -0.39 is 18.2 Å². The number of benzene rings is 1. The fourth-order valence-corrected chi connectivity index (χ4v) is 1.27. The molecule has 1 aromatic carbocycles. The number of hydrogen-bond donors (Lipinski definition) is 2. The first-order valence-electron chi connectivity index (χ1n) is 4.91. The SMILES string of the molecule is CCOC(=O)C(F)[C@H](N)c1cccc(O)c1. The van der Waals surface area contributed by atoms with Crippen molar-refractivity contribution in [2.75, 3.05) is 6.61 Å². The maximum atomic E-state index is 13.5. The third-order valence-electron chi connectivity index (χ3n) is 2.08. The average molecular weight is 227 g/mol. The Kier molecular flexibility index (Phi) is 4.25. The van der Waals surface area contributed by atoms with E-state index in [1.807, 2.05) is 0 Å². The standard InChI is InChI=1S/C11H14FNO3/c1-2-16-11(15)9(12)10(13)7-4-3-5-8(14)6-7/h3-6,9-10,14H,2,13H2,1H3/t9?,10-/m1/s1. The first-order chi connectivity index (χ1) is 7.56. The molecule has 0 aliphatic carbocycles. The number of hydrogen-bond acceptors (Lipinski definition) is 4. The summed E-state index contributed by atoms with van der Waals surface area (Å²) in [6, 6.07) is 4.69. The Balaban J connectivity index is 2.77. The predicted octanol–water partition coefficient (Wildman–Crippen LogP) is 1.29. The summed E-state index contributed by atoms with van der Waals surface area (Å²) >= 11 is 0. The van der Waals surface area contributed by atoms with Crippen LogP contribution in [-0.2, 0) is 9.53 Å². The van der Waals surface area contributed by atoms with Crippen LogP contribution in [0.25, 0.3) is 0 Å². The zero-order valence-electron chi connectivity index (χ0n) is 8.89. The fourth-order valence-electron chi connectivity index (χ4n) is 1.27. The Morgan fingerprint density at radius 3 is 2.88 bits per heavy atom. The minimum atomic E-state index is -1.93. The van der Waals surface area contributed by atoms with Gasteiger partial charge >= 0.3 is 5.97 Å². The van der Waals surface area contributed by atoms with Crippen LogP contribution < -0.4 is 5.73 Å². The highest BCUT2D eigenvalue weighted by atomic mass is 19.1. The van der Waals surface area contributed by atoms with Crippen LogP contribution >= 0.6 is 0 Å². The topological polar surface area (TPSA) is 72.5 Å². The lowest BCUT2D eigenvalue weighted by Gasteiger charge is -2.15. The molecule has 0 fully saturated rings. The Hall–Kier alpha value is -1.62. The highest BCUT2D eigenvalue weighted by molar-refractivity contribution is 5.75. The van der Waals surface area contributed by atoms with Crippen molar-refractivity contribution in [2.24, 2.45) is 5.73 Å². The molecule has 0 radical (unpaired) electrons. The summed E-state index contributed by atoms with van der Waals surface area (Å²) in [6.45, 7) is 1.69. The molecule has 0 bridgehead atoms. The van der Waals surface area contributed by atoms with E-state index in [2.05, 4.69) is 4.74 Å². The zero-order valence-corrected chi connectivity index (χ0v) is 8.89. The largest absolute Gasteiger partial charge is 0.508 e. The number of halogens is 1. The number of nitrogens with two attached hydrogens (primary N) is 1. The van der Waals surface area contributed by atoms with Gasteiger partial charge in [-0.15, -0.1) is 0 Å². The number of carbonyl (C=O) groups is 1. The minimum absolute atomic E-state index is 0.0241. The van der Waals surface area contributed by atoms with Crippen molar-refractivity contribution in [1.82, 2.24) is 0 Å². The minimum Gasteiger partial charge on any atom is -0.508 e. The van der Waals surface area contributed by atoms with Crippen molar-refractivity contribution in [1.29, 1.82) is 0 Å². The fraction of sp³-hybridized carbons (Fsp3) is 0.364. The molecule has 0 aliphatic heterocycles. The highest BCUT2D eigenvalue weighted by Crippen LogP contribution is 2.21. The number of rotatable bonds is 4. The lowest BCUT2D eigenvalue weighted by Crippen LogP contribution is -2.31. The van der Waals surface area contributed by atoms with Crippen molar-refractivity contribution in [3.63, 3.8) is 0 Å². The quantitative estimate of drug-likeness (QED) is 0.760. The van der Waals surface area contributed by atoms with Gasteiger partial charge in [-0.3, -0.25) is 0 Å².